The third-order valence-corrected chi connectivity index (χ3v) is 4.44. The monoisotopic (exact) mass is 257 g/mol. The third-order valence-electron chi connectivity index (χ3n) is 3.08. The predicted molar refractivity (Wildman–Crippen MR) is 67.5 cm³/mol. The minimum Gasteiger partial charge on any atom is -0.376 e. The zero-order valence-electron chi connectivity index (χ0n) is 9.16. The Hall–Kier alpha value is -0.520. The molecule has 1 heterocycles. The van der Waals surface area contributed by atoms with Crippen LogP contribution in [0, 0.1) is 0 Å². The highest BCUT2D eigenvalue weighted by atomic mass is 32.1. The molecule has 16 heavy (non-hydrogen) atoms. The Bertz CT molecular complexity index is 380. The van der Waals surface area contributed by atoms with E-state index in [-0.39, 0.29) is 11.5 Å². The van der Waals surface area contributed by atoms with Crippen molar-refractivity contribution in [2.45, 2.75) is 29.8 Å². The number of hydrogen-bond acceptors (Lipinski definition) is 4. The van der Waals surface area contributed by atoms with Gasteiger partial charge in [0, 0.05) is 23.9 Å². The first-order valence-corrected chi connectivity index (χ1v) is 6.59. The molecule has 1 aromatic heterocycles. The molecule has 0 spiro atoms. The highest BCUT2D eigenvalue weighted by Gasteiger charge is 2.37. The van der Waals surface area contributed by atoms with Crippen LogP contribution in [0.4, 0.5) is 0 Å². The number of amides is 1. The van der Waals surface area contributed by atoms with Crippen molar-refractivity contribution in [2.75, 3.05) is 13.7 Å². The summed E-state index contributed by atoms with van der Waals surface area (Å²) < 4.78 is 5.44. The molecule has 1 aliphatic carbocycles. The van der Waals surface area contributed by atoms with Gasteiger partial charge >= 0.3 is 0 Å². The highest BCUT2D eigenvalue weighted by molar-refractivity contribution is 7.80. The summed E-state index contributed by atoms with van der Waals surface area (Å²) in [4.78, 5) is 13.3. The number of thiophene rings is 1. The Labute approximate surface area is 105 Å². The Balaban J connectivity index is 1.88. The fourth-order valence-electron chi connectivity index (χ4n) is 1.80. The molecule has 2 rings (SSSR count). The van der Waals surface area contributed by atoms with E-state index in [1.807, 2.05) is 5.38 Å². The summed E-state index contributed by atoms with van der Waals surface area (Å²) in [6, 6.07) is 1.78. The van der Waals surface area contributed by atoms with Gasteiger partial charge in [-0.05, 0) is 25.3 Å². The van der Waals surface area contributed by atoms with Gasteiger partial charge in [-0.2, -0.15) is 0 Å². The molecule has 0 radical (unpaired) electrons. The third kappa shape index (κ3) is 2.42. The van der Waals surface area contributed by atoms with E-state index < -0.39 is 0 Å². The van der Waals surface area contributed by atoms with Crippen LogP contribution in [0.2, 0.25) is 0 Å². The van der Waals surface area contributed by atoms with Crippen molar-refractivity contribution in [3.05, 3.63) is 16.3 Å². The molecule has 1 amide bonds. The second kappa shape index (κ2) is 4.77. The summed E-state index contributed by atoms with van der Waals surface area (Å²) in [5.74, 6) is -0.0337. The number of rotatable bonds is 4. The molecule has 1 aromatic rings. The van der Waals surface area contributed by atoms with Crippen molar-refractivity contribution in [3.8, 4) is 0 Å². The van der Waals surface area contributed by atoms with Crippen molar-refractivity contribution in [3.63, 3.8) is 0 Å². The Morgan fingerprint density at radius 2 is 2.44 bits per heavy atom. The minimum atomic E-state index is -0.114. The van der Waals surface area contributed by atoms with Gasteiger partial charge in [-0.15, -0.1) is 24.0 Å². The van der Waals surface area contributed by atoms with Crippen LogP contribution in [-0.2, 0) is 4.74 Å². The van der Waals surface area contributed by atoms with E-state index in [4.69, 9.17) is 4.74 Å². The zero-order valence-corrected chi connectivity index (χ0v) is 10.9. The summed E-state index contributed by atoms with van der Waals surface area (Å²) in [5, 5.41) is 4.77. The van der Waals surface area contributed by atoms with Gasteiger partial charge in [-0.3, -0.25) is 4.79 Å². The van der Waals surface area contributed by atoms with Crippen molar-refractivity contribution in [1.82, 2.24) is 5.32 Å². The maximum Gasteiger partial charge on any atom is 0.261 e. The molecule has 0 unspecified atom stereocenters. The largest absolute Gasteiger partial charge is 0.376 e. The molecule has 1 fully saturated rings. The second-order valence-electron chi connectivity index (χ2n) is 4.09. The summed E-state index contributed by atoms with van der Waals surface area (Å²) in [5.41, 5.74) is -0.114. The molecule has 0 aliphatic heterocycles. The first-order chi connectivity index (χ1) is 7.65. The number of hydrogen-bond donors (Lipinski definition) is 2. The standard InChI is InChI=1S/C11H15NO2S2/c1-14-11(3-2-4-11)7-12-10(13)9-5-8(15)6-16-9/h5-6,15H,2-4,7H2,1H3,(H,12,13). The smallest absolute Gasteiger partial charge is 0.261 e. The number of carbonyl (C=O) groups excluding carboxylic acids is 1. The number of methoxy groups -OCH3 is 1. The number of ether oxygens (including phenoxy) is 1. The quantitative estimate of drug-likeness (QED) is 0.813. The number of thiol groups is 1. The molecule has 5 heteroatoms. The molecular formula is C11H15NO2S2. The van der Waals surface area contributed by atoms with E-state index in [1.54, 1.807) is 13.2 Å². The van der Waals surface area contributed by atoms with E-state index in [0.717, 1.165) is 17.7 Å². The van der Waals surface area contributed by atoms with Gasteiger partial charge in [0.25, 0.3) is 5.91 Å². The van der Waals surface area contributed by atoms with Crippen LogP contribution in [0.1, 0.15) is 28.9 Å². The van der Waals surface area contributed by atoms with Crippen LogP contribution < -0.4 is 5.32 Å². The second-order valence-corrected chi connectivity index (χ2v) is 5.52. The normalized spacial score (nSPS) is 17.9. The zero-order chi connectivity index (χ0) is 11.6. The van der Waals surface area contributed by atoms with Gasteiger partial charge in [0.05, 0.1) is 10.5 Å². The lowest BCUT2D eigenvalue weighted by molar-refractivity contribution is -0.0679. The molecule has 1 N–H and O–H groups in total. The maximum absolute atomic E-state index is 11.8. The Morgan fingerprint density at radius 3 is 2.88 bits per heavy atom. The average Bonchev–Trinajstić information content (AvgIpc) is 2.64. The van der Waals surface area contributed by atoms with Gasteiger partial charge < -0.3 is 10.1 Å². The highest BCUT2D eigenvalue weighted by Crippen LogP contribution is 2.34. The van der Waals surface area contributed by atoms with Crippen molar-refractivity contribution in [2.24, 2.45) is 0 Å². The first-order valence-electron chi connectivity index (χ1n) is 5.26. The van der Waals surface area contributed by atoms with Crippen molar-refractivity contribution < 1.29 is 9.53 Å². The molecule has 0 saturated heterocycles. The Kier molecular flexibility index (Phi) is 3.56. The van der Waals surface area contributed by atoms with E-state index in [2.05, 4.69) is 17.9 Å². The predicted octanol–water partition coefficient (Wildman–Crippen LogP) is 2.34. The fourth-order valence-corrected chi connectivity index (χ4v) is 2.86. The molecule has 1 aliphatic rings. The summed E-state index contributed by atoms with van der Waals surface area (Å²) in [7, 11) is 1.71. The maximum atomic E-state index is 11.8. The first kappa shape index (κ1) is 12.0. The van der Waals surface area contributed by atoms with Crippen LogP contribution in [0.3, 0.4) is 0 Å². The van der Waals surface area contributed by atoms with Crippen molar-refractivity contribution >= 4 is 29.9 Å². The van der Waals surface area contributed by atoms with E-state index in [1.165, 1.54) is 17.8 Å². The van der Waals surface area contributed by atoms with Crippen LogP contribution in [0.5, 0.6) is 0 Å². The lowest BCUT2D eigenvalue weighted by atomic mass is 9.80. The minimum absolute atomic E-state index is 0.0337. The van der Waals surface area contributed by atoms with Crippen LogP contribution in [0.25, 0.3) is 0 Å². The summed E-state index contributed by atoms with van der Waals surface area (Å²) in [6.45, 7) is 0.599. The van der Waals surface area contributed by atoms with E-state index in [0.29, 0.717) is 11.4 Å². The topological polar surface area (TPSA) is 38.3 Å². The van der Waals surface area contributed by atoms with Gasteiger partial charge in [0.15, 0.2) is 0 Å². The molecule has 0 aromatic carbocycles. The van der Waals surface area contributed by atoms with Gasteiger partial charge in [-0.25, -0.2) is 0 Å². The molecule has 1 saturated carbocycles. The van der Waals surface area contributed by atoms with Gasteiger partial charge in [0.1, 0.15) is 0 Å². The van der Waals surface area contributed by atoms with Crippen LogP contribution in [0.15, 0.2) is 16.3 Å². The summed E-state index contributed by atoms with van der Waals surface area (Å²) >= 11 is 5.59. The molecule has 0 bridgehead atoms. The lowest BCUT2D eigenvalue weighted by Gasteiger charge is -2.40. The number of nitrogens with one attached hydrogen (secondary N) is 1. The van der Waals surface area contributed by atoms with Gasteiger partial charge in [-0.1, -0.05) is 0 Å². The SMILES string of the molecule is COC1(CNC(=O)c2cc(S)cs2)CCC1. The summed E-state index contributed by atoms with van der Waals surface area (Å²) in [6.07, 6.45) is 3.25. The Morgan fingerprint density at radius 1 is 1.69 bits per heavy atom. The van der Waals surface area contributed by atoms with Crippen molar-refractivity contribution in [1.29, 1.82) is 0 Å². The van der Waals surface area contributed by atoms with Crippen LogP contribution in [-0.4, -0.2) is 25.2 Å². The molecule has 0 atom stereocenters. The average molecular weight is 257 g/mol. The van der Waals surface area contributed by atoms with E-state index in [9.17, 15) is 4.79 Å². The molecule has 88 valence electrons. The fraction of sp³-hybridized carbons (Fsp3) is 0.545. The lowest BCUT2D eigenvalue weighted by Crippen LogP contribution is -2.49. The van der Waals surface area contributed by atoms with E-state index >= 15 is 0 Å². The number of carbonyl (C=O) groups is 1. The van der Waals surface area contributed by atoms with Crippen LogP contribution >= 0.6 is 24.0 Å². The van der Waals surface area contributed by atoms with Gasteiger partial charge in [0.2, 0.25) is 0 Å². The molecule has 3 nitrogen and oxygen atoms in total. The molecular weight excluding hydrogens is 242 g/mol.